The molecule has 2 heterocycles. The molecule has 0 atom stereocenters. The van der Waals surface area contributed by atoms with Gasteiger partial charge in [-0.25, -0.2) is 4.79 Å². The molecule has 6 aliphatic rings. The van der Waals surface area contributed by atoms with Crippen molar-refractivity contribution in [2.45, 2.75) is 89.6 Å². The number of likely N-dealkylation sites (tertiary alicyclic amines) is 1. The smallest absolute Gasteiger partial charge is 0.317 e. The van der Waals surface area contributed by atoms with Crippen LogP contribution < -0.4 is 5.32 Å². The number of rotatable bonds is 5. The molecule has 1 aromatic carbocycles. The van der Waals surface area contributed by atoms with E-state index in [2.05, 4.69) is 23.5 Å². The van der Waals surface area contributed by atoms with Crippen LogP contribution in [0.3, 0.4) is 0 Å². The first kappa shape index (κ1) is 25.7. The molecule has 0 radical (unpaired) electrons. The van der Waals surface area contributed by atoms with Crippen LogP contribution in [0.2, 0.25) is 0 Å². The van der Waals surface area contributed by atoms with E-state index in [0.29, 0.717) is 44.1 Å². The molecular weight excluding hydrogens is 478 g/mol. The molecule has 0 aromatic heterocycles. The molecular formula is C31H43N3O4. The van der Waals surface area contributed by atoms with Crippen LogP contribution in [0.1, 0.15) is 82.8 Å². The Morgan fingerprint density at radius 1 is 0.947 bits per heavy atom. The molecule has 3 amide bonds. The number of carboxylic acid groups (broad SMARTS) is 1. The largest absolute Gasteiger partial charge is 0.481 e. The van der Waals surface area contributed by atoms with Crippen molar-refractivity contribution in [3.05, 3.63) is 35.4 Å². The van der Waals surface area contributed by atoms with Gasteiger partial charge in [-0.2, -0.15) is 0 Å². The van der Waals surface area contributed by atoms with Crippen molar-refractivity contribution in [2.75, 3.05) is 19.6 Å². The van der Waals surface area contributed by atoms with E-state index in [1.807, 2.05) is 29.7 Å². The molecule has 7 heteroatoms. The minimum atomic E-state index is -0.873. The zero-order valence-corrected chi connectivity index (χ0v) is 23.0. The number of carbonyl (C=O) groups is 3. The van der Waals surface area contributed by atoms with Crippen molar-refractivity contribution in [3.63, 3.8) is 0 Å². The molecule has 38 heavy (non-hydrogen) atoms. The van der Waals surface area contributed by atoms with Crippen LogP contribution in [0.25, 0.3) is 0 Å². The van der Waals surface area contributed by atoms with E-state index in [-0.39, 0.29) is 30.2 Å². The summed E-state index contributed by atoms with van der Waals surface area (Å²) in [5.41, 5.74) is 1.73. The van der Waals surface area contributed by atoms with E-state index in [9.17, 15) is 19.5 Å². The normalized spacial score (nSPS) is 31.3. The van der Waals surface area contributed by atoms with Crippen molar-refractivity contribution >= 4 is 17.9 Å². The second-order valence-electron chi connectivity index (χ2n) is 14.0. The fourth-order valence-electron chi connectivity index (χ4n) is 9.02. The third kappa shape index (κ3) is 4.82. The Balaban J connectivity index is 1.12. The summed E-state index contributed by atoms with van der Waals surface area (Å²) in [6.07, 6.45) is 8.47. The maximum absolute atomic E-state index is 13.4. The quantitative estimate of drug-likeness (QED) is 0.583. The van der Waals surface area contributed by atoms with Gasteiger partial charge >= 0.3 is 12.0 Å². The summed E-state index contributed by atoms with van der Waals surface area (Å²) in [4.78, 5) is 42.1. The molecule has 1 aromatic rings. The summed E-state index contributed by atoms with van der Waals surface area (Å²) in [7, 11) is 0. The van der Waals surface area contributed by atoms with Crippen LogP contribution in [0.4, 0.5) is 4.79 Å². The van der Waals surface area contributed by atoms with Crippen LogP contribution in [-0.4, -0.2) is 58.5 Å². The Hall–Kier alpha value is -2.57. The lowest BCUT2D eigenvalue weighted by Crippen LogP contribution is -2.60. The third-order valence-corrected chi connectivity index (χ3v) is 10.6. The molecule has 0 unspecified atom stereocenters. The number of carboxylic acids is 1. The van der Waals surface area contributed by atoms with E-state index in [1.165, 1.54) is 43.2 Å². The molecule has 4 saturated carbocycles. The van der Waals surface area contributed by atoms with Gasteiger partial charge in [0.2, 0.25) is 5.91 Å². The van der Waals surface area contributed by atoms with Crippen LogP contribution in [0, 0.1) is 29.1 Å². The zero-order chi connectivity index (χ0) is 26.7. The van der Waals surface area contributed by atoms with E-state index < -0.39 is 11.4 Å². The Bertz CT molecular complexity index is 1080. The van der Waals surface area contributed by atoms with Gasteiger partial charge in [0.25, 0.3) is 0 Å². The lowest BCUT2D eigenvalue weighted by atomic mass is 9.54. The fourth-order valence-corrected chi connectivity index (χ4v) is 9.02. The summed E-state index contributed by atoms with van der Waals surface area (Å²) in [5, 5.41) is 12.8. The maximum atomic E-state index is 13.4. The summed E-state index contributed by atoms with van der Waals surface area (Å²) in [5.74, 6) is 2.28. The first-order chi connectivity index (χ1) is 18.1. The number of hydrogen-bond acceptors (Lipinski definition) is 3. The van der Waals surface area contributed by atoms with Gasteiger partial charge in [0.05, 0.1) is 6.42 Å². The van der Waals surface area contributed by atoms with Crippen molar-refractivity contribution in [3.8, 4) is 0 Å². The molecule has 2 aliphatic heterocycles. The number of hydrogen-bond donors (Lipinski definition) is 2. The van der Waals surface area contributed by atoms with E-state index in [1.54, 1.807) is 0 Å². The van der Waals surface area contributed by atoms with E-state index >= 15 is 0 Å². The summed E-state index contributed by atoms with van der Waals surface area (Å²) in [6, 6.07) is 8.89. The van der Waals surface area contributed by atoms with Crippen LogP contribution in [0.5, 0.6) is 0 Å². The number of fused-ring (bicyclic) bond motifs is 2. The molecule has 4 bridgehead atoms. The average molecular weight is 522 g/mol. The Kier molecular flexibility index (Phi) is 6.47. The molecule has 7 rings (SSSR count). The minimum Gasteiger partial charge on any atom is -0.481 e. The first-order valence-corrected chi connectivity index (χ1v) is 14.7. The van der Waals surface area contributed by atoms with Gasteiger partial charge in [-0.3, -0.25) is 9.59 Å². The highest BCUT2D eigenvalue weighted by atomic mass is 16.4. The number of piperidine rings is 1. The van der Waals surface area contributed by atoms with Gasteiger partial charge < -0.3 is 20.2 Å². The van der Waals surface area contributed by atoms with Crippen molar-refractivity contribution in [1.82, 2.24) is 15.1 Å². The molecule has 1 saturated heterocycles. The molecule has 206 valence electrons. The maximum Gasteiger partial charge on any atom is 0.317 e. The second-order valence-corrected chi connectivity index (χ2v) is 14.0. The first-order valence-electron chi connectivity index (χ1n) is 14.7. The highest BCUT2D eigenvalue weighted by Gasteiger charge is 2.49. The number of urea groups is 1. The van der Waals surface area contributed by atoms with Crippen molar-refractivity contribution in [2.24, 2.45) is 29.1 Å². The topological polar surface area (TPSA) is 90.0 Å². The predicted molar refractivity (Wildman–Crippen MR) is 144 cm³/mol. The molecule has 2 N–H and O–H groups in total. The Morgan fingerprint density at radius 2 is 1.58 bits per heavy atom. The van der Waals surface area contributed by atoms with Gasteiger partial charge in [0.15, 0.2) is 0 Å². The molecule has 4 aliphatic carbocycles. The number of nitrogens with one attached hydrogen (secondary N) is 1. The number of carbonyl (C=O) groups excluding carboxylic acids is 2. The van der Waals surface area contributed by atoms with Crippen molar-refractivity contribution < 1.29 is 19.5 Å². The van der Waals surface area contributed by atoms with Crippen LogP contribution >= 0.6 is 0 Å². The summed E-state index contributed by atoms with van der Waals surface area (Å²) < 4.78 is 0. The Labute approximate surface area is 226 Å². The van der Waals surface area contributed by atoms with E-state index in [4.69, 9.17) is 0 Å². The monoisotopic (exact) mass is 521 g/mol. The van der Waals surface area contributed by atoms with Crippen molar-refractivity contribution in [1.29, 1.82) is 0 Å². The number of benzene rings is 1. The van der Waals surface area contributed by atoms with Gasteiger partial charge in [-0.15, -0.1) is 0 Å². The molecule has 7 nitrogen and oxygen atoms in total. The zero-order valence-electron chi connectivity index (χ0n) is 23.0. The van der Waals surface area contributed by atoms with Gasteiger partial charge in [0, 0.05) is 44.1 Å². The Morgan fingerprint density at radius 3 is 2.21 bits per heavy atom. The average Bonchev–Trinajstić information content (AvgIpc) is 2.85. The highest BCUT2D eigenvalue weighted by Crippen LogP contribution is 2.53. The second kappa shape index (κ2) is 9.56. The van der Waals surface area contributed by atoms with Gasteiger partial charge in [-0.05, 0) is 85.2 Å². The molecule has 5 fully saturated rings. The third-order valence-electron chi connectivity index (χ3n) is 10.6. The summed E-state index contributed by atoms with van der Waals surface area (Å²) in [6.45, 7) is 6.30. The summed E-state index contributed by atoms with van der Waals surface area (Å²) >= 11 is 0. The highest BCUT2D eigenvalue weighted by molar-refractivity contribution is 5.79. The van der Waals surface area contributed by atoms with E-state index in [0.717, 1.165) is 24.7 Å². The van der Waals surface area contributed by atoms with Gasteiger partial charge in [-0.1, -0.05) is 38.1 Å². The van der Waals surface area contributed by atoms with Crippen LogP contribution in [-0.2, 0) is 21.5 Å². The predicted octanol–water partition coefficient (Wildman–Crippen LogP) is 4.79. The minimum absolute atomic E-state index is 0.0205. The van der Waals surface area contributed by atoms with Gasteiger partial charge in [0.1, 0.15) is 0 Å². The number of aliphatic carboxylic acids is 1. The number of nitrogens with zero attached hydrogens (tertiary/aromatic N) is 2. The lowest BCUT2D eigenvalue weighted by Gasteiger charge is -2.55. The fraction of sp³-hybridized carbons (Fsp3) is 0.710. The number of amides is 3. The van der Waals surface area contributed by atoms with Crippen LogP contribution in [0.15, 0.2) is 24.3 Å². The molecule has 1 spiro atoms. The standard InChI is InChI=1S/C31H43N3O4/c1-30(2,17-27(36)37)16-26(35)34-18-22-5-3-4-6-25(22)31(19-34)7-9-33(10-8-31)29(38)32-28-23-12-20-11-21(14-23)15-24(28)13-20/h3-6,20-21,23-24,28H,7-19H2,1-2H3,(H,32,38)(H,36,37). The SMILES string of the molecule is CC(C)(CC(=O)O)CC(=O)N1Cc2ccccc2C2(CCN(C(=O)NC3C4CC5CC(C4)CC3C5)CC2)C1. The lowest BCUT2D eigenvalue weighted by molar-refractivity contribution is -0.141.